The molecule has 0 bridgehead atoms. The lowest BCUT2D eigenvalue weighted by Gasteiger charge is -2.19. The molecule has 5 rings (SSSR count). The minimum atomic E-state index is -4.97. The number of nitrogens with zero attached hydrogens (tertiary/aromatic N) is 6. The number of aromatic nitrogens is 5. The van der Waals surface area contributed by atoms with Crippen molar-refractivity contribution in [3.05, 3.63) is 110 Å². The van der Waals surface area contributed by atoms with Crippen LogP contribution < -0.4 is 5.56 Å². The quantitative estimate of drug-likeness (QED) is 0.170. The van der Waals surface area contributed by atoms with Crippen LogP contribution in [0.25, 0.3) is 32.7 Å². The first-order valence-electron chi connectivity index (χ1n) is 12.3. The Bertz CT molecular complexity index is 2000. The van der Waals surface area contributed by atoms with Crippen molar-refractivity contribution in [2.24, 2.45) is 0 Å². The first-order chi connectivity index (χ1) is 20.3. The number of hydrogen-bond acceptors (Lipinski definition) is 6. The molecule has 5 aromatic rings. The Morgan fingerprint density at radius 2 is 1.63 bits per heavy atom. The first kappa shape index (κ1) is 30.1. The van der Waals surface area contributed by atoms with Crippen LogP contribution in [0.1, 0.15) is 22.8 Å². The highest BCUT2D eigenvalue weighted by molar-refractivity contribution is 7.46. The maximum atomic E-state index is 14.4. The molecule has 0 aliphatic rings. The van der Waals surface area contributed by atoms with E-state index in [1.54, 1.807) is 36.4 Å². The summed E-state index contributed by atoms with van der Waals surface area (Å²) in [6, 6.07) is 14.6. The van der Waals surface area contributed by atoms with Gasteiger partial charge >= 0.3 is 14.0 Å². The Morgan fingerprint density at radius 1 is 1.00 bits per heavy atom. The van der Waals surface area contributed by atoms with Crippen molar-refractivity contribution < 1.29 is 32.0 Å². The van der Waals surface area contributed by atoms with Gasteiger partial charge in [0.2, 0.25) is 0 Å². The molecule has 0 radical (unpaired) electrons. The molecular weight excluding hydrogens is 612 g/mol. The van der Waals surface area contributed by atoms with Crippen molar-refractivity contribution in [2.45, 2.75) is 26.3 Å². The van der Waals surface area contributed by atoms with E-state index in [-0.39, 0.29) is 40.4 Å². The van der Waals surface area contributed by atoms with Crippen molar-refractivity contribution in [2.75, 3.05) is 0 Å². The highest BCUT2D eigenvalue weighted by Crippen LogP contribution is 2.38. The van der Waals surface area contributed by atoms with E-state index in [1.807, 2.05) is 0 Å². The van der Waals surface area contributed by atoms with Gasteiger partial charge in [-0.15, -0.1) is 10.2 Å². The Labute approximate surface area is 245 Å². The molecule has 11 nitrogen and oxygen atoms in total. The molecule has 2 N–H and O–H groups in total. The van der Waals surface area contributed by atoms with Crippen LogP contribution in [0.15, 0.2) is 65.5 Å². The minimum absolute atomic E-state index is 0.000653. The molecule has 0 atom stereocenters. The summed E-state index contributed by atoms with van der Waals surface area (Å²) < 4.78 is 58.3. The van der Waals surface area contributed by atoms with E-state index in [1.165, 1.54) is 29.6 Å². The molecule has 0 spiro atoms. The second kappa shape index (κ2) is 11.4. The third-order valence-corrected chi connectivity index (χ3v) is 7.17. The van der Waals surface area contributed by atoms with Gasteiger partial charge in [-0.2, -0.15) is 13.2 Å². The fourth-order valence-electron chi connectivity index (χ4n) is 4.47. The summed E-state index contributed by atoms with van der Waals surface area (Å²) in [6.07, 6.45) is -4.68. The van der Waals surface area contributed by atoms with E-state index in [9.17, 15) is 32.3 Å². The van der Waals surface area contributed by atoms with Gasteiger partial charge in [0.05, 0.1) is 18.7 Å². The standard InChI is InChI=1S/C27H19ClF3N6O5P/c1-15-18(7-12-21(33-15)27(29,30)31)13-36-26(38)24(17-5-10-20(32-2)11-6-17)23(16-3-8-19(28)9-4-16)25-35-34-22(37(25)36)14-42-43(39,40)41/h3-12H,13-14H2,1H3,(H2,39,40,41). The van der Waals surface area contributed by atoms with Gasteiger partial charge in [0.1, 0.15) is 12.3 Å². The van der Waals surface area contributed by atoms with Gasteiger partial charge in [-0.3, -0.25) is 9.32 Å². The van der Waals surface area contributed by atoms with E-state index >= 15 is 0 Å². The number of hydrogen-bond donors (Lipinski definition) is 2. The Kier molecular flexibility index (Phi) is 7.95. The third-order valence-electron chi connectivity index (χ3n) is 6.45. The Morgan fingerprint density at radius 3 is 2.21 bits per heavy atom. The molecular formula is C27H19ClF3N6O5P. The van der Waals surface area contributed by atoms with Gasteiger partial charge in [0, 0.05) is 16.3 Å². The average Bonchev–Trinajstić information content (AvgIpc) is 3.37. The number of fused-ring (bicyclic) bond motifs is 1. The second-order valence-corrected chi connectivity index (χ2v) is 10.9. The van der Waals surface area contributed by atoms with Gasteiger partial charge in [-0.25, -0.2) is 23.6 Å². The molecule has 0 aliphatic carbocycles. The van der Waals surface area contributed by atoms with Crippen molar-refractivity contribution in [3.63, 3.8) is 0 Å². The number of pyridine rings is 1. The summed E-state index contributed by atoms with van der Waals surface area (Å²) in [6.45, 7) is 7.56. The van der Waals surface area contributed by atoms with Crippen LogP contribution in [-0.4, -0.2) is 34.2 Å². The molecule has 3 heterocycles. The normalized spacial score (nSPS) is 12.0. The molecule has 16 heteroatoms. The summed E-state index contributed by atoms with van der Waals surface area (Å²) in [5.41, 5.74) is 0.194. The smallest absolute Gasteiger partial charge is 0.303 e. The number of alkyl halides is 3. The molecule has 3 aromatic heterocycles. The molecule has 0 unspecified atom stereocenters. The largest absolute Gasteiger partial charge is 0.470 e. The van der Waals surface area contributed by atoms with Crippen LogP contribution >= 0.6 is 19.4 Å². The van der Waals surface area contributed by atoms with Crippen molar-refractivity contribution in [1.29, 1.82) is 0 Å². The predicted molar refractivity (Wildman–Crippen MR) is 149 cm³/mol. The number of aryl methyl sites for hydroxylation is 1. The minimum Gasteiger partial charge on any atom is -0.303 e. The predicted octanol–water partition coefficient (Wildman–Crippen LogP) is 5.81. The zero-order valence-corrected chi connectivity index (χ0v) is 23.6. The molecule has 0 saturated heterocycles. The van der Waals surface area contributed by atoms with Gasteiger partial charge in [-0.1, -0.05) is 54.1 Å². The van der Waals surface area contributed by atoms with Gasteiger partial charge in [-0.05, 0) is 41.8 Å². The molecule has 0 saturated carbocycles. The van der Waals surface area contributed by atoms with Gasteiger partial charge < -0.3 is 9.79 Å². The Balaban J connectivity index is 1.83. The van der Waals surface area contributed by atoms with Crippen molar-refractivity contribution in [1.82, 2.24) is 24.4 Å². The molecule has 2 aromatic carbocycles. The number of rotatable bonds is 7. The first-order valence-corrected chi connectivity index (χ1v) is 14.2. The fraction of sp³-hybridized carbons (Fsp3) is 0.148. The molecule has 0 aliphatic heterocycles. The lowest BCUT2D eigenvalue weighted by Crippen LogP contribution is -2.30. The highest BCUT2D eigenvalue weighted by atomic mass is 35.5. The van der Waals surface area contributed by atoms with Gasteiger partial charge in [0.25, 0.3) is 5.56 Å². The number of phosphoric ester groups is 1. The lowest BCUT2D eigenvalue weighted by molar-refractivity contribution is -0.141. The van der Waals surface area contributed by atoms with Gasteiger partial charge in [0.15, 0.2) is 17.2 Å². The lowest BCUT2D eigenvalue weighted by atomic mass is 9.96. The Hall–Kier alpha value is -4.38. The van der Waals surface area contributed by atoms with Crippen molar-refractivity contribution in [3.8, 4) is 22.3 Å². The van der Waals surface area contributed by atoms with Crippen LogP contribution in [0.3, 0.4) is 0 Å². The second-order valence-electron chi connectivity index (χ2n) is 9.23. The zero-order valence-electron chi connectivity index (χ0n) is 21.9. The van der Waals surface area contributed by atoms with Crippen LogP contribution in [0.4, 0.5) is 18.9 Å². The molecule has 43 heavy (non-hydrogen) atoms. The topological polar surface area (TPSA) is 136 Å². The summed E-state index contributed by atoms with van der Waals surface area (Å²) in [4.78, 5) is 40.0. The maximum absolute atomic E-state index is 14.4. The number of phosphoric acid groups is 1. The third kappa shape index (κ3) is 6.22. The van der Waals surface area contributed by atoms with E-state index in [0.717, 1.165) is 10.7 Å². The summed E-state index contributed by atoms with van der Waals surface area (Å²) in [5, 5.41) is 8.67. The summed E-state index contributed by atoms with van der Waals surface area (Å²) in [5.74, 6) is -0.168. The van der Waals surface area contributed by atoms with Crippen LogP contribution in [0, 0.1) is 13.5 Å². The fourth-order valence-corrected chi connectivity index (χ4v) is 4.88. The zero-order chi connectivity index (χ0) is 31.1. The van der Waals surface area contributed by atoms with Crippen LogP contribution in [-0.2, 0) is 28.4 Å². The van der Waals surface area contributed by atoms with Crippen LogP contribution in [0.5, 0.6) is 0 Å². The highest BCUT2D eigenvalue weighted by Gasteiger charge is 2.33. The summed E-state index contributed by atoms with van der Waals surface area (Å²) in [7, 11) is -4.97. The number of benzene rings is 2. The van der Waals surface area contributed by atoms with Crippen molar-refractivity contribution >= 4 is 30.8 Å². The van der Waals surface area contributed by atoms with Crippen LogP contribution in [0.2, 0.25) is 5.02 Å². The molecule has 0 amide bonds. The summed E-state index contributed by atoms with van der Waals surface area (Å²) >= 11 is 6.10. The molecule has 0 fully saturated rings. The maximum Gasteiger partial charge on any atom is 0.470 e. The van der Waals surface area contributed by atoms with E-state index in [0.29, 0.717) is 21.8 Å². The van der Waals surface area contributed by atoms with E-state index < -0.39 is 31.9 Å². The van der Waals surface area contributed by atoms with E-state index in [4.69, 9.17) is 18.2 Å². The SMILES string of the molecule is [C-]#[N+]c1ccc(-c2c(-c3ccc(Cl)cc3)c3nnc(COP(=O)(O)O)n3n(Cc3ccc(C(F)(F)F)nc3C)c2=O)cc1. The van der Waals surface area contributed by atoms with E-state index in [2.05, 4.69) is 24.6 Å². The molecule has 220 valence electrons. The number of halogens is 4. The monoisotopic (exact) mass is 630 g/mol. The average molecular weight is 631 g/mol.